The van der Waals surface area contributed by atoms with E-state index >= 15 is 0 Å². The smallest absolute Gasteiger partial charge is 0.317 e. The molecule has 86 heavy (non-hydrogen) atoms. The first-order valence-corrected chi connectivity index (χ1v) is 30.5. The highest BCUT2D eigenvalue weighted by Gasteiger charge is 2.52. The first kappa shape index (κ1) is 77.2. The summed E-state index contributed by atoms with van der Waals surface area (Å²) in [6.45, 7) is 14.6. The minimum atomic E-state index is -2.74. The number of cyclic esters (lactones) is 1. The predicted octanol–water partition coefficient (Wildman–Crippen LogP) is 3.33. The molecule has 2 heterocycles. The van der Waals surface area contributed by atoms with Crippen molar-refractivity contribution in [2.45, 2.75) is 243 Å². The van der Waals surface area contributed by atoms with E-state index in [0.717, 1.165) is 38.6 Å². The molecule has 24 nitrogen and oxygen atoms in total. The average molecular weight is 1230 g/mol. The zero-order chi connectivity index (χ0) is 65.0. The Bertz CT molecular complexity index is 2200. The Morgan fingerprint density at radius 2 is 1.33 bits per heavy atom. The fourth-order valence-electron chi connectivity index (χ4n) is 10.8. The number of nitrogens with one attached hydrogen (secondary N) is 1. The maximum absolute atomic E-state index is 13.9. The summed E-state index contributed by atoms with van der Waals surface area (Å²) in [6.07, 6.45) is -3.69. The molecule has 0 radical (unpaired) electrons. The highest BCUT2D eigenvalue weighted by molar-refractivity contribution is 5.90. The maximum Gasteiger partial charge on any atom is 0.317 e. The molecule has 22 atom stereocenters. The van der Waals surface area contributed by atoms with Gasteiger partial charge in [-0.1, -0.05) is 103 Å². The van der Waals surface area contributed by atoms with E-state index in [0.29, 0.717) is 12.4 Å². The van der Waals surface area contributed by atoms with E-state index in [2.05, 4.69) is 29.4 Å². The molecule has 494 valence electrons. The number of rotatable bonds is 17. The number of carboxylic acid groups (broad SMARTS) is 2. The van der Waals surface area contributed by atoms with Crippen molar-refractivity contribution >= 4 is 35.8 Å². The number of hydrogen-bond acceptors (Lipinski definition) is 20. The number of carbonyl (C=O) groups is 5. The average Bonchev–Trinajstić information content (AvgIpc) is 1.53. The quantitative estimate of drug-likeness (QED) is 0.0189. The summed E-state index contributed by atoms with van der Waals surface area (Å²) in [4.78, 5) is 66.1. The zero-order valence-corrected chi connectivity index (χ0v) is 51.8. The number of aliphatic carboxylic acids is 2. The lowest BCUT2D eigenvalue weighted by atomic mass is 9.83. The molecule has 0 aromatic rings. The Balaban J connectivity index is 2.53. The molecular formula is C62H105N3O21. The van der Waals surface area contributed by atoms with Gasteiger partial charge in [0.1, 0.15) is 37.3 Å². The van der Waals surface area contributed by atoms with Gasteiger partial charge in [-0.25, -0.2) is 0 Å². The number of esters is 3. The molecule has 2 aliphatic heterocycles. The summed E-state index contributed by atoms with van der Waals surface area (Å²) < 4.78 is 22.9. The number of aliphatic hydroxyl groups excluding tert-OH is 9. The van der Waals surface area contributed by atoms with Gasteiger partial charge in [-0.05, 0) is 76.0 Å². The molecule has 0 amide bonds. The molecule has 0 aromatic carbocycles. The normalized spacial score (nSPS) is 36.5. The van der Waals surface area contributed by atoms with E-state index in [1.54, 1.807) is 46.0 Å². The highest BCUT2D eigenvalue weighted by atomic mass is 16.7. The fourth-order valence-corrected chi connectivity index (χ4v) is 10.8. The Kier molecular flexibility index (Phi) is 35.2. The number of carbonyl (C=O) groups excluding carboxylic acids is 3. The van der Waals surface area contributed by atoms with Crippen LogP contribution in [0.3, 0.4) is 0 Å². The number of nitrogens with two attached hydrogens (primary N) is 1. The number of allylic oxidation sites excluding steroid dienone is 4. The molecule has 2 rings (SSSR count). The highest BCUT2D eigenvalue weighted by Crippen LogP contribution is 2.38. The number of hydrogen-bond donors (Lipinski definition) is 14. The van der Waals surface area contributed by atoms with Gasteiger partial charge in [0.2, 0.25) is 0 Å². The molecule has 0 spiro atoms. The monoisotopic (exact) mass is 1230 g/mol. The molecule has 1 fully saturated rings. The van der Waals surface area contributed by atoms with Gasteiger partial charge in [-0.2, -0.15) is 0 Å². The minimum Gasteiger partial charge on any atom is -0.481 e. The van der Waals surface area contributed by atoms with Crippen molar-refractivity contribution in [2.75, 3.05) is 13.6 Å². The number of carboxylic acids is 2. The second kappa shape index (κ2) is 39.2. The molecule has 15 N–H and O–H groups in total. The van der Waals surface area contributed by atoms with Gasteiger partial charge in [0, 0.05) is 69.4 Å². The van der Waals surface area contributed by atoms with Crippen molar-refractivity contribution in [1.29, 1.82) is 0 Å². The SMILES string of the molecule is CN=C(N)NCCC/C=C/CCC[C@@H](C)C[C@@H](C)[C@H]1OC(=O)[C@H](C)[C@H](O)C=C[C@H](C)[C@H](O)C[C@H](O)[C@H](C)[C@H](O)CC[C@H](C)[C@@H](O)C[C@]2(O)O[C@H](C[C@@H](OC(=O)CC(=O)O)C[C@H](O)C[C@@H](O)[C@H](C)[C@H](O)/C=C/C=C/[C@H]1C)C[C@H](OC(=O)CC(=O)O)[C@@H]2O. The van der Waals surface area contributed by atoms with Crippen LogP contribution >= 0.6 is 0 Å². The van der Waals surface area contributed by atoms with E-state index in [1.165, 1.54) is 32.1 Å². The first-order valence-electron chi connectivity index (χ1n) is 30.5. The first-order chi connectivity index (χ1) is 40.3. The number of nitrogens with zero attached hydrogens (tertiary/aromatic N) is 1. The third-order valence-electron chi connectivity index (χ3n) is 16.7. The van der Waals surface area contributed by atoms with Crippen molar-refractivity contribution in [3.8, 4) is 0 Å². The summed E-state index contributed by atoms with van der Waals surface area (Å²) in [7, 11) is 1.62. The van der Waals surface area contributed by atoms with Crippen molar-refractivity contribution in [3.05, 3.63) is 48.6 Å². The largest absolute Gasteiger partial charge is 0.481 e. The van der Waals surface area contributed by atoms with Gasteiger partial charge in [0.25, 0.3) is 0 Å². The number of guanidine groups is 1. The van der Waals surface area contributed by atoms with Gasteiger partial charge >= 0.3 is 29.8 Å². The molecule has 0 aromatic heterocycles. The van der Waals surface area contributed by atoms with Gasteiger partial charge in [0.05, 0.1) is 60.9 Å². The van der Waals surface area contributed by atoms with E-state index in [4.69, 9.17) is 24.7 Å². The Labute approximate surface area is 507 Å². The van der Waals surface area contributed by atoms with Crippen LogP contribution in [0.5, 0.6) is 0 Å². The fraction of sp³-hybridized carbons (Fsp3) is 0.774. The molecule has 0 saturated carbocycles. The van der Waals surface area contributed by atoms with Crippen molar-refractivity contribution in [2.24, 2.45) is 58.1 Å². The van der Waals surface area contributed by atoms with Gasteiger partial charge < -0.3 is 91.3 Å². The second-order valence-corrected chi connectivity index (χ2v) is 24.4. The molecular weight excluding hydrogens is 1120 g/mol. The topological polar surface area (TPSA) is 415 Å². The summed E-state index contributed by atoms with van der Waals surface area (Å²) >= 11 is 0. The van der Waals surface area contributed by atoms with Crippen LogP contribution in [0.15, 0.2) is 53.6 Å². The third kappa shape index (κ3) is 28.5. The third-order valence-corrected chi connectivity index (χ3v) is 16.7. The van der Waals surface area contributed by atoms with Crippen molar-refractivity contribution < 1.29 is 104 Å². The molecule has 0 aliphatic carbocycles. The maximum atomic E-state index is 13.9. The number of unbranched alkanes of at least 4 members (excludes halogenated alkanes) is 2. The zero-order valence-electron chi connectivity index (χ0n) is 51.8. The minimum absolute atomic E-state index is 0.00495. The Morgan fingerprint density at radius 1 is 0.721 bits per heavy atom. The second-order valence-electron chi connectivity index (χ2n) is 24.4. The molecule has 2 aliphatic rings. The van der Waals surface area contributed by atoms with Crippen LogP contribution in [0.1, 0.15) is 158 Å². The van der Waals surface area contributed by atoms with E-state index in [9.17, 15) is 85.3 Å². The predicted molar refractivity (Wildman–Crippen MR) is 318 cm³/mol. The van der Waals surface area contributed by atoms with E-state index < -0.39 is 190 Å². The van der Waals surface area contributed by atoms with E-state index in [-0.39, 0.29) is 37.0 Å². The van der Waals surface area contributed by atoms with Crippen LogP contribution in [0, 0.1) is 47.3 Å². The van der Waals surface area contributed by atoms with Crippen LogP contribution in [-0.2, 0) is 42.9 Å². The Hall–Kier alpha value is -4.86. The summed E-state index contributed by atoms with van der Waals surface area (Å²) in [5.41, 5.74) is 5.69. The lowest BCUT2D eigenvalue weighted by molar-refractivity contribution is -0.334. The molecule has 0 unspecified atom stereocenters. The summed E-state index contributed by atoms with van der Waals surface area (Å²) in [5.74, 6) is -13.1. The standard InChI is InChI=1S/C62H105N3O21/c1-35(18-14-12-10-11-13-17-25-65-61(63)64-9)26-39(5)58-38(4)19-15-16-20-46(67)40(6)50(71)28-43(66)27-44(83-56(78)32-54(74)75)29-45-30-53(84-57(79)33-55(76)77)59(80)62(82,86-45)34-52(73)37(3)22-23-47(68)41(7)51(72)31-49(70)36(2)21-24-48(69)42(8)60(81)85-58/h10-11,15-16,19-21,24,35-53,58-59,66-73,80,82H,12-14,17-18,22-23,25-34H2,1-9H3,(H,74,75)(H,76,77)(H3,63,64,65)/b11-10+,19-15+,20-16+,24-21?/t35-,36+,37+,38-,39-,40-,41-,42-,43+,44+,45-,46-,47-,48-,49-,50-,51+,52+,53+,58+,59+,62+/m1/s1. The van der Waals surface area contributed by atoms with Crippen LogP contribution in [-0.4, -0.2) is 196 Å². The molecule has 2 bridgehead atoms. The number of aliphatic hydroxyl groups is 10. The molecule has 1 saturated heterocycles. The summed E-state index contributed by atoms with van der Waals surface area (Å²) in [6, 6.07) is 0. The summed E-state index contributed by atoms with van der Waals surface area (Å²) in [5, 5.41) is 135. The van der Waals surface area contributed by atoms with Gasteiger partial charge in [-0.15, -0.1) is 0 Å². The van der Waals surface area contributed by atoms with Crippen molar-refractivity contribution in [1.82, 2.24) is 5.32 Å². The Morgan fingerprint density at radius 3 is 1.95 bits per heavy atom. The van der Waals surface area contributed by atoms with Crippen LogP contribution in [0.2, 0.25) is 0 Å². The lowest BCUT2D eigenvalue weighted by Crippen LogP contribution is -2.60. The van der Waals surface area contributed by atoms with E-state index in [1.807, 2.05) is 13.8 Å². The van der Waals surface area contributed by atoms with Gasteiger partial charge in [0.15, 0.2) is 11.7 Å². The molecule has 24 heteroatoms. The number of aliphatic imine (C=N–C) groups is 1. The van der Waals surface area contributed by atoms with Crippen LogP contribution in [0.25, 0.3) is 0 Å². The number of fused-ring (bicyclic) bond motifs is 2. The number of ether oxygens (including phenoxy) is 4. The van der Waals surface area contributed by atoms with Gasteiger partial charge in [-0.3, -0.25) is 29.0 Å². The van der Waals surface area contributed by atoms with Crippen LogP contribution in [0.4, 0.5) is 0 Å². The van der Waals surface area contributed by atoms with Crippen LogP contribution < -0.4 is 11.1 Å². The lowest BCUT2D eigenvalue weighted by Gasteiger charge is -2.46. The van der Waals surface area contributed by atoms with Crippen molar-refractivity contribution in [3.63, 3.8) is 0 Å².